The van der Waals surface area contributed by atoms with Gasteiger partial charge in [-0.2, -0.15) is 6.08 Å². The van der Waals surface area contributed by atoms with E-state index in [0.717, 1.165) is 25.7 Å². The summed E-state index contributed by atoms with van der Waals surface area (Å²) in [7, 11) is 0. The summed E-state index contributed by atoms with van der Waals surface area (Å²) < 4.78 is 0. The molecule has 1 aliphatic rings. The number of carboxylic acid groups (broad SMARTS) is 3. The molecule has 0 amide bonds. The maximum atomic E-state index is 9.60. The van der Waals surface area contributed by atoms with Crippen LogP contribution in [-0.2, 0) is 36.1 Å². The molecule has 0 spiro atoms. The van der Waals surface area contributed by atoms with E-state index in [0.29, 0.717) is 19.3 Å². The van der Waals surface area contributed by atoms with E-state index in [1.165, 1.54) is 5.57 Å². The summed E-state index contributed by atoms with van der Waals surface area (Å²) in [6.07, 6.45) is 11.4. The maximum absolute atomic E-state index is 9.60. The predicted octanol–water partition coefficient (Wildman–Crippen LogP) is 4.31. The Morgan fingerprint density at radius 3 is 1.24 bits per heavy atom. The van der Waals surface area contributed by atoms with Gasteiger partial charge in [0.1, 0.15) is 0 Å². The first kappa shape index (κ1) is 31.4. The van der Waals surface area contributed by atoms with Gasteiger partial charge in [0, 0.05) is 41.0 Å². The number of hydrogen-bond acceptors (Lipinski definition) is 3. The first-order valence-corrected chi connectivity index (χ1v) is 8.10. The van der Waals surface area contributed by atoms with Gasteiger partial charge in [-0.1, -0.05) is 27.7 Å². The van der Waals surface area contributed by atoms with Gasteiger partial charge in [-0.25, -0.2) is 11.6 Å². The van der Waals surface area contributed by atoms with Gasteiger partial charge < -0.3 is 15.3 Å². The molecule has 0 atom stereocenters. The smallest absolute Gasteiger partial charge is 0.303 e. The fourth-order valence-corrected chi connectivity index (χ4v) is 1.16. The first-order valence-electron chi connectivity index (χ1n) is 8.10. The minimum atomic E-state index is -0.711. The minimum absolute atomic E-state index is 0. The van der Waals surface area contributed by atoms with Crippen LogP contribution in [0, 0.1) is 6.08 Å². The topological polar surface area (TPSA) is 112 Å². The molecule has 0 fully saturated rings. The Bertz CT molecular complexity index is 362. The molecule has 0 heterocycles. The number of carboxylic acids is 3. The molecule has 7 heteroatoms. The average molecular weight is 391 g/mol. The molecule has 1 rings (SSSR count). The summed E-state index contributed by atoms with van der Waals surface area (Å²) in [6.45, 7) is 7.58. The van der Waals surface area contributed by atoms with E-state index in [9.17, 15) is 14.4 Å². The number of carbonyl (C=O) groups is 3. The van der Waals surface area contributed by atoms with Crippen LogP contribution < -0.4 is 0 Å². The first-order chi connectivity index (χ1) is 11.2. The van der Waals surface area contributed by atoms with Gasteiger partial charge in [0.15, 0.2) is 0 Å². The number of rotatable bonds is 6. The van der Waals surface area contributed by atoms with Crippen LogP contribution in [0.1, 0.15) is 72.6 Å². The molecule has 0 aromatic heterocycles. The van der Waals surface area contributed by atoms with Gasteiger partial charge in [0.2, 0.25) is 0 Å². The Morgan fingerprint density at radius 1 is 0.880 bits per heavy atom. The third-order valence-electron chi connectivity index (χ3n) is 2.26. The zero-order valence-corrected chi connectivity index (χ0v) is 17.2. The molecule has 0 radical (unpaired) electrons. The zero-order valence-electron chi connectivity index (χ0n) is 15.7. The Hall–Kier alpha value is -1.40. The number of allylic oxidation sites excluding steroid dienone is 4. The summed E-state index contributed by atoms with van der Waals surface area (Å²) in [5.74, 6) is -2.13. The van der Waals surface area contributed by atoms with E-state index in [1.54, 1.807) is 0 Å². The largest absolute Gasteiger partial charge is 0.481 e. The third kappa shape index (κ3) is 45.0. The molecular formula is C18H31O6Ti-. The predicted molar refractivity (Wildman–Crippen MR) is 93.8 cm³/mol. The monoisotopic (exact) mass is 391 g/mol. The molecule has 0 bridgehead atoms. The van der Waals surface area contributed by atoms with Gasteiger partial charge in [-0.15, -0.1) is 6.42 Å². The molecule has 0 aromatic carbocycles. The average Bonchev–Trinajstić information content (AvgIpc) is 2.91. The van der Waals surface area contributed by atoms with Gasteiger partial charge in [-0.3, -0.25) is 20.5 Å². The molecule has 0 aromatic rings. The molecule has 25 heavy (non-hydrogen) atoms. The summed E-state index contributed by atoms with van der Waals surface area (Å²) in [5, 5.41) is 23.7. The van der Waals surface area contributed by atoms with Crippen LogP contribution in [0.25, 0.3) is 0 Å². The van der Waals surface area contributed by atoms with Crippen molar-refractivity contribution in [3.8, 4) is 0 Å². The van der Waals surface area contributed by atoms with Crippen molar-refractivity contribution in [1.82, 2.24) is 0 Å². The Kier molecular flexibility index (Phi) is 31.2. The van der Waals surface area contributed by atoms with E-state index < -0.39 is 17.9 Å². The van der Waals surface area contributed by atoms with Gasteiger partial charge >= 0.3 is 17.9 Å². The van der Waals surface area contributed by atoms with E-state index in [1.807, 2.05) is 20.8 Å². The molecule has 144 valence electrons. The zero-order chi connectivity index (χ0) is 19.4. The van der Waals surface area contributed by atoms with Crippen molar-refractivity contribution in [1.29, 1.82) is 0 Å². The van der Waals surface area contributed by atoms with Gasteiger partial charge in [0.25, 0.3) is 0 Å². The number of aliphatic carboxylic acids is 3. The van der Waals surface area contributed by atoms with Crippen LogP contribution in [0.2, 0.25) is 0 Å². The Labute approximate surface area is 165 Å². The maximum Gasteiger partial charge on any atom is 0.303 e. The van der Waals surface area contributed by atoms with E-state index in [-0.39, 0.29) is 21.7 Å². The van der Waals surface area contributed by atoms with E-state index >= 15 is 0 Å². The molecule has 0 unspecified atom stereocenters. The SMILES string of the molecule is CC1=[C-]CC=C1.CCCC(=O)O.CCCC(=O)O.CCCC(=O)O.[Ti]. The normalized spacial score (nSPS) is 10.3. The van der Waals surface area contributed by atoms with Crippen molar-refractivity contribution in [3.63, 3.8) is 0 Å². The fourth-order valence-electron chi connectivity index (χ4n) is 1.16. The Balaban J connectivity index is -0.000000116. The van der Waals surface area contributed by atoms with Gasteiger partial charge in [0.05, 0.1) is 0 Å². The summed E-state index contributed by atoms with van der Waals surface area (Å²) in [6, 6.07) is 0. The standard InChI is InChI=1S/C6H7.3C4H8O2.Ti/c1-6-4-2-3-5-6;3*1-2-3-4(5)6;/h2,4H,3H2,1H3;3*2-3H2,1H3,(H,5,6);/q-1;;;;. The molecule has 6 nitrogen and oxygen atoms in total. The molecule has 0 saturated heterocycles. The van der Waals surface area contributed by atoms with Crippen molar-refractivity contribution in [2.24, 2.45) is 0 Å². The summed E-state index contributed by atoms with van der Waals surface area (Å²) in [4.78, 5) is 28.8. The van der Waals surface area contributed by atoms with Crippen molar-refractivity contribution in [3.05, 3.63) is 23.8 Å². The van der Waals surface area contributed by atoms with Crippen LogP contribution in [0.4, 0.5) is 0 Å². The second-order valence-corrected chi connectivity index (χ2v) is 4.90. The summed E-state index contributed by atoms with van der Waals surface area (Å²) >= 11 is 0. The second-order valence-electron chi connectivity index (χ2n) is 4.90. The molecule has 1 aliphatic carbocycles. The summed E-state index contributed by atoms with van der Waals surface area (Å²) in [5.41, 5.74) is 1.27. The van der Waals surface area contributed by atoms with Crippen molar-refractivity contribution in [2.45, 2.75) is 72.6 Å². The molecule has 0 saturated carbocycles. The van der Waals surface area contributed by atoms with Crippen LogP contribution in [-0.4, -0.2) is 33.2 Å². The Morgan fingerprint density at radius 2 is 1.20 bits per heavy atom. The van der Waals surface area contributed by atoms with Crippen LogP contribution in [0.15, 0.2) is 17.7 Å². The van der Waals surface area contributed by atoms with Crippen LogP contribution in [0.5, 0.6) is 0 Å². The van der Waals surface area contributed by atoms with E-state index in [2.05, 4.69) is 25.2 Å². The van der Waals surface area contributed by atoms with Crippen molar-refractivity contribution < 1.29 is 51.4 Å². The van der Waals surface area contributed by atoms with E-state index in [4.69, 9.17) is 15.3 Å². The third-order valence-corrected chi connectivity index (χ3v) is 2.26. The van der Waals surface area contributed by atoms with Crippen molar-refractivity contribution >= 4 is 17.9 Å². The van der Waals surface area contributed by atoms with Gasteiger partial charge in [-0.05, 0) is 19.3 Å². The van der Waals surface area contributed by atoms with Crippen LogP contribution >= 0.6 is 0 Å². The fraction of sp³-hybridized carbons (Fsp3) is 0.611. The molecule has 0 aliphatic heterocycles. The van der Waals surface area contributed by atoms with Crippen LogP contribution in [0.3, 0.4) is 0 Å². The number of hydrogen-bond donors (Lipinski definition) is 3. The molecular weight excluding hydrogens is 360 g/mol. The van der Waals surface area contributed by atoms with Crippen molar-refractivity contribution in [2.75, 3.05) is 0 Å². The molecule has 3 N–H and O–H groups in total. The minimum Gasteiger partial charge on any atom is -0.481 e. The quantitative estimate of drug-likeness (QED) is 0.460. The second kappa shape index (κ2) is 24.9.